The monoisotopic (exact) mass is 299 g/mol. The molecule has 6 heteroatoms. The molecule has 92 valence electrons. The van der Waals surface area contributed by atoms with E-state index in [9.17, 15) is 4.79 Å². The summed E-state index contributed by atoms with van der Waals surface area (Å²) in [6.45, 7) is 3.81. The second-order valence-electron chi connectivity index (χ2n) is 4.11. The molecule has 1 N–H and O–H groups in total. The number of hydrogen-bond donors (Lipinski definition) is 1. The molecular formula is C11H14BrN3O2. The molecule has 1 aliphatic heterocycles. The van der Waals surface area contributed by atoms with Crippen LogP contribution in [0.5, 0.6) is 0 Å². The van der Waals surface area contributed by atoms with Crippen LogP contribution in [0.1, 0.15) is 6.92 Å². The van der Waals surface area contributed by atoms with Crippen molar-refractivity contribution in [3.05, 3.63) is 22.8 Å². The van der Waals surface area contributed by atoms with Crippen LogP contribution in [0.3, 0.4) is 0 Å². The molecule has 1 aliphatic rings. The van der Waals surface area contributed by atoms with E-state index in [1.165, 1.54) is 4.90 Å². The summed E-state index contributed by atoms with van der Waals surface area (Å²) in [6.07, 6.45) is 0.907. The van der Waals surface area contributed by atoms with Crippen molar-refractivity contribution in [2.24, 2.45) is 0 Å². The minimum atomic E-state index is -0.846. The number of pyridine rings is 1. The zero-order valence-corrected chi connectivity index (χ0v) is 11.1. The third-order valence-corrected chi connectivity index (χ3v) is 3.38. The van der Waals surface area contributed by atoms with Crippen LogP contribution in [0.25, 0.3) is 0 Å². The average Bonchev–Trinajstić information content (AvgIpc) is 2.29. The van der Waals surface area contributed by atoms with E-state index in [1.54, 1.807) is 6.20 Å². The number of rotatable bonds is 1. The molecule has 0 spiro atoms. The molecular weight excluding hydrogens is 286 g/mol. The first kappa shape index (κ1) is 12.2. The van der Waals surface area contributed by atoms with Gasteiger partial charge in [0.05, 0.1) is 0 Å². The Morgan fingerprint density at radius 1 is 1.53 bits per heavy atom. The Balaban J connectivity index is 2.06. The van der Waals surface area contributed by atoms with Gasteiger partial charge in [-0.3, -0.25) is 0 Å². The van der Waals surface area contributed by atoms with Crippen LogP contribution in [0.15, 0.2) is 22.8 Å². The van der Waals surface area contributed by atoms with Gasteiger partial charge in [-0.2, -0.15) is 0 Å². The topological polar surface area (TPSA) is 56.7 Å². The van der Waals surface area contributed by atoms with Crippen LogP contribution in [0.2, 0.25) is 0 Å². The second-order valence-corrected chi connectivity index (χ2v) is 5.02. The van der Waals surface area contributed by atoms with Gasteiger partial charge < -0.3 is 14.9 Å². The molecule has 1 aromatic rings. The Labute approximate surface area is 108 Å². The molecule has 17 heavy (non-hydrogen) atoms. The van der Waals surface area contributed by atoms with E-state index in [-0.39, 0.29) is 6.04 Å². The molecule has 0 bridgehead atoms. The van der Waals surface area contributed by atoms with Gasteiger partial charge in [-0.15, -0.1) is 0 Å². The highest BCUT2D eigenvalue weighted by atomic mass is 79.9. The summed E-state index contributed by atoms with van der Waals surface area (Å²) in [6, 6.07) is 3.87. The molecule has 1 saturated heterocycles. The maximum absolute atomic E-state index is 10.9. The van der Waals surface area contributed by atoms with E-state index in [1.807, 2.05) is 19.1 Å². The standard InChI is InChI=1S/C11H14BrN3O2/c1-8-7-14(4-5-15(8)11(16)17)10-3-2-9(12)6-13-10/h2-3,6,8H,4-5,7H2,1H3,(H,16,17). The Hall–Kier alpha value is -1.30. The first-order valence-corrected chi connectivity index (χ1v) is 6.23. The number of carboxylic acid groups (broad SMARTS) is 1. The Morgan fingerprint density at radius 2 is 2.29 bits per heavy atom. The normalized spacial score (nSPS) is 20.5. The molecule has 2 heterocycles. The van der Waals surface area contributed by atoms with Gasteiger partial charge in [-0.1, -0.05) is 0 Å². The molecule has 1 unspecified atom stereocenters. The predicted octanol–water partition coefficient (Wildman–Crippen LogP) is 2.03. The van der Waals surface area contributed by atoms with Crippen LogP contribution in [0, 0.1) is 0 Å². The van der Waals surface area contributed by atoms with Gasteiger partial charge in [-0.25, -0.2) is 9.78 Å². The van der Waals surface area contributed by atoms with Crippen LogP contribution in [-0.2, 0) is 0 Å². The summed E-state index contributed by atoms with van der Waals surface area (Å²) >= 11 is 3.34. The predicted molar refractivity (Wildman–Crippen MR) is 68.3 cm³/mol. The van der Waals surface area contributed by atoms with Gasteiger partial charge in [0.15, 0.2) is 0 Å². The summed E-state index contributed by atoms with van der Waals surface area (Å²) in [5, 5.41) is 8.99. The van der Waals surface area contributed by atoms with Crippen LogP contribution < -0.4 is 4.90 Å². The fraction of sp³-hybridized carbons (Fsp3) is 0.455. The molecule has 2 rings (SSSR count). The van der Waals surface area contributed by atoms with Gasteiger partial charge in [-0.05, 0) is 35.0 Å². The van der Waals surface area contributed by atoms with Gasteiger partial charge in [0.1, 0.15) is 5.82 Å². The number of hydrogen-bond acceptors (Lipinski definition) is 3. The van der Waals surface area contributed by atoms with Crippen LogP contribution in [0.4, 0.5) is 10.6 Å². The Morgan fingerprint density at radius 3 is 2.82 bits per heavy atom. The molecule has 0 aliphatic carbocycles. The van der Waals surface area contributed by atoms with Gasteiger partial charge in [0, 0.05) is 36.3 Å². The lowest BCUT2D eigenvalue weighted by Gasteiger charge is -2.38. The van der Waals surface area contributed by atoms with Crippen LogP contribution >= 0.6 is 15.9 Å². The quantitative estimate of drug-likeness (QED) is 0.862. The number of piperazine rings is 1. The molecule has 1 amide bonds. The largest absolute Gasteiger partial charge is 0.465 e. The fourth-order valence-corrected chi connectivity index (χ4v) is 2.24. The molecule has 1 aromatic heterocycles. The third-order valence-electron chi connectivity index (χ3n) is 2.91. The van der Waals surface area contributed by atoms with Crippen molar-refractivity contribution < 1.29 is 9.90 Å². The van der Waals surface area contributed by atoms with E-state index in [4.69, 9.17) is 5.11 Å². The van der Waals surface area contributed by atoms with E-state index in [0.29, 0.717) is 19.6 Å². The minimum absolute atomic E-state index is 0.00769. The fourth-order valence-electron chi connectivity index (χ4n) is 2.00. The Bertz CT molecular complexity index is 410. The number of anilines is 1. The van der Waals surface area contributed by atoms with E-state index >= 15 is 0 Å². The van der Waals surface area contributed by atoms with Crippen molar-refractivity contribution in [3.63, 3.8) is 0 Å². The maximum Gasteiger partial charge on any atom is 0.407 e. The van der Waals surface area contributed by atoms with Gasteiger partial charge in [0.25, 0.3) is 0 Å². The lowest BCUT2D eigenvalue weighted by atomic mass is 10.2. The van der Waals surface area contributed by atoms with E-state index < -0.39 is 6.09 Å². The molecule has 0 aromatic carbocycles. The van der Waals surface area contributed by atoms with E-state index in [0.717, 1.165) is 10.3 Å². The van der Waals surface area contributed by atoms with Crippen molar-refractivity contribution in [3.8, 4) is 0 Å². The summed E-state index contributed by atoms with van der Waals surface area (Å²) in [7, 11) is 0. The number of carbonyl (C=O) groups is 1. The van der Waals surface area contributed by atoms with Crippen molar-refractivity contribution >= 4 is 27.8 Å². The van der Waals surface area contributed by atoms with Gasteiger partial charge >= 0.3 is 6.09 Å². The lowest BCUT2D eigenvalue weighted by Crippen LogP contribution is -2.53. The number of amides is 1. The second kappa shape index (κ2) is 4.91. The molecule has 1 fully saturated rings. The molecule has 0 saturated carbocycles. The van der Waals surface area contributed by atoms with E-state index in [2.05, 4.69) is 25.8 Å². The number of aromatic nitrogens is 1. The summed E-state index contributed by atoms with van der Waals surface area (Å²) in [5.74, 6) is 0.894. The zero-order valence-electron chi connectivity index (χ0n) is 9.51. The highest BCUT2D eigenvalue weighted by Gasteiger charge is 2.27. The Kier molecular flexibility index (Phi) is 3.51. The maximum atomic E-state index is 10.9. The molecule has 0 radical (unpaired) electrons. The summed E-state index contributed by atoms with van der Waals surface area (Å²) < 4.78 is 0.943. The van der Waals surface area contributed by atoms with Gasteiger partial charge in [0.2, 0.25) is 0 Å². The molecule has 5 nitrogen and oxygen atoms in total. The number of nitrogens with zero attached hydrogens (tertiary/aromatic N) is 3. The highest BCUT2D eigenvalue weighted by molar-refractivity contribution is 9.10. The highest BCUT2D eigenvalue weighted by Crippen LogP contribution is 2.18. The minimum Gasteiger partial charge on any atom is -0.465 e. The first-order valence-electron chi connectivity index (χ1n) is 5.44. The SMILES string of the molecule is CC1CN(c2ccc(Br)cn2)CCN1C(=O)O. The first-order chi connectivity index (χ1) is 8.08. The van der Waals surface area contributed by atoms with Crippen molar-refractivity contribution in [1.29, 1.82) is 0 Å². The van der Waals surface area contributed by atoms with Crippen molar-refractivity contribution in [2.45, 2.75) is 13.0 Å². The van der Waals surface area contributed by atoms with Crippen molar-refractivity contribution in [1.82, 2.24) is 9.88 Å². The zero-order chi connectivity index (χ0) is 12.4. The third kappa shape index (κ3) is 2.69. The lowest BCUT2D eigenvalue weighted by molar-refractivity contribution is 0.122. The average molecular weight is 300 g/mol. The summed E-state index contributed by atoms with van der Waals surface area (Å²) in [4.78, 5) is 18.8. The van der Waals surface area contributed by atoms with Crippen LogP contribution in [-0.4, -0.2) is 46.8 Å². The summed E-state index contributed by atoms with van der Waals surface area (Å²) in [5.41, 5.74) is 0. The number of halogens is 1. The van der Waals surface area contributed by atoms with Crippen molar-refractivity contribution in [2.75, 3.05) is 24.5 Å². The smallest absolute Gasteiger partial charge is 0.407 e. The molecule has 1 atom stereocenters.